The molecule has 4 heteroatoms. The SMILES string of the molecule is Cc1ccc(Cl)c(C#CCNC(=O)OCc2ccccc2)c1. The second kappa shape index (κ2) is 8.11. The van der Waals surface area contributed by atoms with E-state index in [1.165, 1.54) is 0 Å². The zero-order chi connectivity index (χ0) is 15.8. The van der Waals surface area contributed by atoms with Crippen molar-refractivity contribution in [1.82, 2.24) is 5.32 Å². The number of nitrogens with one attached hydrogen (secondary N) is 1. The lowest BCUT2D eigenvalue weighted by atomic mass is 10.1. The van der Waals surface area contributed by atoms with E-state index in [2.05, 4.69) is 17.2 Å². The molecule has 112 valence electrons. The van der Waals surface area contributed by atoms with Crippen LogP contribution in [0.5, 0.6) is 0 Å². The first-order chi connectivity index (χ1) is 10.6. The molecule has 0 radical (unpaired) electrons. The van der Waals surface area contributed by atoms with Crippen LogP contribution in [0.15, 0.2) is 48.5 Å². The number of rotatable bonds is 3. The monoisotopic (exact) mass is 313 g/mol. The van der Waals surface area contributed by atoms with Crippen LogP contribution in [0.2, 0.25) is 5.02 Å². The smallest absolute Gasteiger partial charge is 0.408 e. The van der Waals surface area contributed by atoms with Crippen molar-refractivity contribution in [3.8, 4) is 11.8 Å². The molecule has 0 fully saturated rings. The second-order valence-electron chi connectivity index (χ2n) is 4.70. The molecule has 0 saturated heterocycles. The van der Waals surface area contributed by atoms with Crippen molar-refractivity contribution >= 4 is 17.7 Å². The predicted octanol–water partition coefficient (Wildman–Crippen LogP) is 3.93. The van der Waals surface area contributed by atoms with Gasteiger partial charge in [-0.15, -0.1) is 0 Å². The summed E-state index contributed by atoms with van der Waals surface area (Å²) in [6, 6.07) is 15.1. The molecule has 0 spiro atoms. The Kier molecular flexibility index (Phi) is 5.88. The highest BCUT2D eigenvalue weighted by atomic mass is 35.5. The number of carbonyl (C=O) groups is 1. The molecule has 22 heavy (non-hydrogen) atoms. The maximum absolute atomic E-state index is 11.5. The van der Waals surface area contributed by atoms with Gasteiger partial charge in [0.25, 0.3) is 0 Å². The number of halogens is 1. The molecule has 0 heterocycles. The zero-order valence-corrected chi connectivity index (χ0v) is 13.0. The van der Waals surface area contributed by atoms with Gasteiger partial charge in [0.15, 0.2) is 0 Å². The molecule has 0 unspecified atom stereocenters. The van der Waals surface area contributed by atoms with Crippen LogP contribution in [0, 0.1) is 18.8 Å². The Hall–Kier alpha value is -2.44. The first-order valence-electron chi connectivity index (χ1n) is 6.85. The molecule has 2 aromatic rings. The number of amides is 1. The summed E-state index contributed by atoms with van der Waals surface area (Å²) >= 11 is 6.04. The lowest BCUT2D eigenvalue weighted by Crippen LogP contribution is -2.24. The predicted molar refractivity (Wildman–Crippen MR) is 87.7 cm³/mol. The Morgan fingerprint density at radius 3 is 2.77 bits per heavy atom. The third kappa shape index (κ3) is 5.16. The van der Waals surface area contributed by atoms with Crippen molar-refractivity contribution in [2.45, 2.75) is 13.5 Å². The van der Waals surface area contributed by atoms with Crippen molar-refractivity contribution < 1.29 is 9.53 Å². The third-order valence-corrected chi connectivity index (χ3v) is 3.21. The average Bonchev–Trinajstić information content (AvgIpc) is 2.53. The van der Waals surface area contributed by atoms with E-state index in [-0.39, 0.29) is 13.2 Å². The van der Waals surface area contributed by atoms with E-state index in [4.69, 9.17) is 16.3 Å². The van der Waals surface area contributed by atoms with Crippen LogP contribution in [-0.4, -0.2) is 12.6 Å². The highest BCUT2D eigenvalue weighted by molar-refractivity contribution is 6.31. The third-order valence-electron chi connectivity index (χ3n) is 2.88. The average molecular weight is 314 g/mol. The number of aryl methyl sites for hydroxylation is 1. The van der Waals surface area contributed by atoms with Crippen molar-refractivity contribution in [1.29, 1.82) is 0 Å². The number of hydrogen-bond acceptors (Lipinski definition) is 2. The second-order valence-corrected chi connectivity index (χ2v) is 5.11. The van der Waals surface area contributed by atoms with E-state index in [0.29, 0.717) is 5.02 Å². The van der Waals surface area contributed by atoms with Crippen LogP contribution in [0.25, 0.3) is 0 Å². The lowest BCUT2D eigenvalue weighted by molar-refractivity contribution is 0.141. The Morgan fingerprint density at radius 1 is 1.23 bits per heavy atom. The topological polar surface area (TPSA) is 38.3 Å². The van der Waals surface area contributed by atoms with Crippen LogP contribution in [0.4, 0.5) is 4.79 Å². The summed E-state index contributed by atoms with van der Waals surface area (Å²) in [4.78, 5) is 11.5. The molecular formula is C18H16ClNO2. The lowest BCUT2D eigenvalue weighted by Gasteiger charge is -2.04. The molecule has 0 aliphatic rings. The zero-order valence-electron chi connectivity index (χ0n) is 12.2. The Morgan fingerprint density at radius 2 is 2.00 bits per heavy atom. The van der Waals surface area contributed by atoms with E-state index < -0.39 is 6.09 Å². The summed E-state index contributed by atoms with van der Waals surface area (Å²) in [6.07, 6.45) is -0.492. The van der Waals surface area contributed by atoms with Gasteiger partial charge in [0, 0.05) is 5.56 Å². The Balaban J connectivity index is 1.78. The van der Waals surface area contributed by atoms with Crippen molar-refractivity contribution in [2.75, 3.05) is 6.54 Å². The van der Waals surface area contributed by atoms with Crippen LogP contribution < -0.4 is 5.32 Å². The molecule has 0 aromatic heterocycles. The van der Waals surface area contributed by atoms with Crippen LogP contribution >= 0.6 is 11.6 Å². The minimum absolute atomic E-state index is 0.206. The van der Waals surface area contributed by atoms with Gasteiger partial charge >= 0.3 is 6.09 Å². The summed E-state index contributed by atoms with van der Waals surface area (Å²) in [7, 11) is 0. The van der Waals surface area contributed by atoms with E-state index in [1.54, 1.807) is 0 Å². The maximum Gasteiger partial charge on any atom is 0.408 e. The van der Waals surface area contributed by atoms with Gasteiger partial charge in [0.05, 0.1) is 11.6 Å². The number of alkyl carbamates (subject to hydrolysis) is 1. The molecule has 2 aromatic carbocycles. The van der Waals surface area contributed by atoms with Crippen molar-refractivity contribution in [2.24, 2.45) is 0 Å². The fraction of sp³-hybridized carbons (Fsp3) is 0.167. The van der Waals surface area contributed by atoms with Gasteiger partial charge in [-0.3, -0.25) is 0 Å². The normalized spacial score (nSPS) is 9.55. The van der Waals surface area contributed by atoms with Gasteiger partial charge in [0.1, 0.15) is 6.61 Å². The minimum Gasteiger partial charge on any atom is -0.445 e. The standard InChI is InChI=1S/C18H16ClNO2/c1-14-9-10-17(19)16(12-14)8-5-11-20-18(21)22-13-15-6-3-2-4-7-15/h2-4,6-7,9-10,12H,11,13H2,1H3,(H,20,21). The Labute approximate surface area is 135 Å². The summed E-state index contributed by atoms with van der Waals surface area (Å²) < 4.78 is 5.08. The molecule has 2 rings (SSSR count). The van der Waals surface area contributed by atoms with E-state index in [9.17, 15) is 4.79 Å². The summed E-state index contributed by atoms with van der Waals surface area (Å²) in [5.74, 6) is 5.78. The van der Waals surface area contributed by atoms with Gasteiger partial charge in [-0.25, -0.2) is 4.79 Å². The van der Waals surface area contributed by atoms with E-state index >= 15 is 0 Å². The fourth-order valence-electron chi connectivity index (χ4n) is 1.76. The number of ether oxygens (including phenoxy) is 1. The molecule has 0 saturated carbocycles. The number of hydrogen-bond donors (Lipinski definition) is 1. The molecule has 0 atom stereocenters. The highest BCUT2D eigenvalue weighted by Gasteiger charge is 2.00. The molecule has 0 bridgehead atoms. The largest absolute Gasteiger partial charge is 0.445 e. The van der Waals surface area contributed by atoms with Crippen LogP contribution in [-0.2, 0) is 11.3 Å². The first-order valence-corrected chi connectivity index (χ1v) is 7.22. The highest BCUT2D eigenvalue weighted by Crippen LogP contribution is 2.15. The van der Waals surface area contributed by atoms with E-state index in [1.807, 2.05) is 55.5 Å². The van der Waals surface area contributed by atoms with E-state index in [0.717, 1.165) is 16.7 Å². The van der Waals surface area contributed by atoms with Gasteiger partial charge in [-0.05, 0) is 30.2 Å². The van der Waals surface area contributed by atoms with Gasteiger partial charge in [-0.2, -0.15) is 0 Å². The minimum atomic E-state index is -0.492. The first kappa shape index (κ1) is 15.9. The van der Waals surface area contributed by atoms with Crippen LogP contribution in [0.3, 0.4) is 0 Å². The van der Waals surface area contributed by atoms with Gasteiger partial charge in [-0.1, -0.05) is 59.8 Å². The van der Waals surface area contributed by atoms with Crippen molar-refractivity contribution in [3.05, 3.63) is 70.2 Å². The van der Waals surface area contributed by atoms with Crippen molar-refractivity contribution in [3.63, 3.8) is 0 Å². The summed E-state index contributed by atoms with van der Waals surface area (Å²) in [6.45, 7) is 2.42. The summed E-state index contributed by atoms with van der Waals surface area (Å²) in [5.41, 5.74) is 2.78. The van der Waals surface area contributed by atoms with Crippen LogP contribution in [0.1, 0.15) is 16.7 Å². The fourth-order valence-corrected chi connectivity index (χ4v) is 1.93. The molecule has 1 N–H and O–H groups in total. The molecule has 1 amide bonds. The molecule has 0 aliphatic carbocycles. The van der Waals surface area contributed by atoms with Gasteiger partial charge < -0.3 is 10.1 Å². The Bertz CT molecular complexity index is 702. The summed E-state index contributed by atoms with van der Waals surface area (Å²) in [5, 5.41) is 3.18. The molecule has 0 aliphatic heterocycles. The number of carbonyl (C=O) groups excluding carboxylic acids is 1. The number of benzene rings is 2. The molecular weight excluding hydrogens is 298 g/mol. The maximum atomic E-state index is 11.5. The van der Waals surface area contributed by atoms with Gasteiger partial charge in [0.2, 0.25) is 0 Å². The molecule has 3 nitrogen and oxygen atoms in total. The quantitative estimate of drug-likeness (QED) is 0.872.